The molecule has 0 atom stereocenters. The van der Waals surface area contributed by atoms with Gasteiger partial charge in [0.15, 0.2) is 0 Å². The summed E-state index contributed by atoms with van der Waals surface area (Å²) in [7, 11) is 0. The van der Waals surface area contributed by atoms with E-state index in [0.717, 1.165) is 18.1 Å². The molecule has 0 aromatic heterocycles. The van der Waals surface area contributed by atoms with Gasteiger partial charge in [-0.05, 0) is 24.1 Å². The normalized spacial score (nSPS) is 17.2. The first-order valence-electron chi connectivity index (χ1n) is 4.97. The summed E-state index contributed by atoms with van der Waals surface area (Å²) in [5, 5.41) is 0. The zero-order valence-electron chi connectivity index (χ0n) is 9.06. The van der Waals surface area contributed by atoms with Crippen LogP contribution < -0.4 is 0 Å². The number of carbonyl (C=O) groups is 1. The first-order chi connectivity index (χ1) is 7.76. The summed E-state index contributed by atoms with van der Waals surface area (Å²) in [5.41, 5.74) is 1.08. The van der Waals surface area contributed by atoms with Crippen molar-refractivity contribution in [1.29, 1.82) is 0 Å². The highest BCUT2D eigenvalue weighted by molar-refractivity contribution is 5.82. The SMILES string of the molecule is C=C/C=C(\C=C1\C=CC=CC1)OC(=O)C=C. The Morgan fingerprint density at radius 2 is 2.19 bits per heavy atom. The minimum atomic E-state index is -0.472. The first kappa shape index (κ1) is 12.0. The minimum absolute atomic E-state index is 0.467. The molecule has 1 aliphatic rings. The van der Waals surface area contributed by atoms with Crippen molar-refractivity contribution in [3.8, 4) is 0 Å². The van der Waals surface area contributed by atoms with Crippen LogP contribution in [0, 0.1) is 0 Å². The monoisotopic (exact) mass is 214 g/mol. The zero-order valence-corrected chi connectivity index (χ0v) is 9.06. The summed E-state index contributed by atoms with van der Waals surface area (Å²) in [6.45, 7) is 6.92. The number of esters is 1. The molecule has 0 saturated heterocycles. The van der Waals surface area contributed by atoms with Gasteiger partial charge in [0.2, 0.25) is 0 Å². The van der Waals surface area contributed by atoms with Crippen LogP contribution in [0.15, 0.2) is 73.1 Å². The molecule has 2 heteroatoms. The summed E-state index contributed by atoms with van der Waals surface area (Å²) in [5.74, 6) is -0.00451. The molecule has 0 unspecified atom stereocenters. The highest BCUT2D eigenvalue weighted by Crippen LogP contribution is 2.14. The fraction of sp³-hybridized carbons (Fsp3) is 0.0714. The van der Waals surface area contributed by atoms with Crippen LogP contribution in [0.3, 0.4) is 0 Å². The van der Waals surface area contributed by atoms with Crippen LogP contribution in [0.5, 0.6) is 0 Å². The van der Waals surface area contributed by atoms with Crippen LogP contribution in [-0.2, 0) is 9.53 Å². The van der Waals surface area contributed by atoms with Crippen molar-refractivity contribution < 1.29 is 9.53 Å². The Morgan fingerprint density at radius 1 is 1.38 bits per heavy atom. The molecule has 0 N–H and O–H groups in total. The maximum Gasteiger partial charge on any atom is 0.335 e. The fourth-order valence-electron chi connectivity index (χ4n) is 1.21. The predicted octanol–water partition coefficient (Wildman–Crippen LogP) is 3.23. The minimum Gasteiger partial charge on any atom is -0.423 e. The second-order valence-corrected chi connectivity index (χ2v) is 3.14. The van der Waals surface area contributed by atoms with Gasteiger partial charge in [-0.2, -0.15) is 0 Å². The van der Waals surface area contributed by atoms with Crippen molar-refractivity contribution >= 4 is 5.97 Å². The second kappa shape index (κ2) is 6.40. The van der Waals surface area contributed by atoms with E-state index in [2.05, 4.69) is 13.2 Å². The highest BCUT2D eigenvalue weighted by Gasteiger charge is 2.01. The van der Waals surface area contributed by atoms with Gasteiger partial charge in [0.1, 0.15) is 5.76 Å². The molecule has 0 amide bonds. The molecule has 0 spiro atoms. The summed E-state index contributed by atoms with van der Waals surface area (Å²) in [6, 6.07) is 0. The maximum atomic E-state index is 11.1. The lowest BCUT2D eigenvalue weighted by atomic mass is 10.1. The molecule has 1 rings (SSSR count). The van der Waals surface area contributed by atoms with Crippen LogP contribution in [0.1, 0.15) is 6.42 Å². The zero-order chi connectivity index (χ0) is 11.8. The van der Waals surface area contributed by atoms with Gasteiger partial charge in [0, 0.05) is 6.08 Å². The highest BCUT2D eigenvalue weighted by atomic mass is 16.5. The number of carbonyl (C=O) groups excluding carboxylic acids is 1. The standard InChI is InChI=1S/C14H14O2/c1-3-8-13(16-14(15)4-2)11-12-9-6-5-7-10-12/h3-9,11H,1-2,10H2/b12-11-,13-8+. The molecule has 0 fully saturated rings. The van der Waals surface area contributed by atoms with E-state index in [4.69, 9.17) is 4.74 Å². The van der Waals surface area contributed by atoms with Crippen LogP contribution >= 0.6 is 0 Å². The fourth-order valence-corrected chi connectivity index (χ4v) is 1.21. The van der Waals surface area contributed by atoms with Crippen molar-refractivity contribution in [2.75, 3.05) is 0 Å². The number of ether oxygens (including phenoxy) is 1. The average Bonchev–Trinajstić information content (AvgIpc) is 2.30. The van der Waals surface area contributed by atoms with Crippen molar-refractivity contribution in [2.45, 2.75) is 6.42 Å². The van der Waals surface area contributed by atoms with Gasteiger partial charge in [-0.3, -0.25) is 0 Å². The third kappa shape index (κ3) is 3.96. The van der Waals surface area contributed by atoms with E-state index in [1.54, 1.807) is 12.2 Å². The smallest absolute Gasteiger partial charge is 0.335 e. The molecule has 0 aliphatic heterocycles. The van der Waals surface area contributed by atoms with E-state index in [1.807, 2.05) is 30.4 Å². The van der Waals surface area contributed by atoms with Crippen molar-refractivity contribution in [1.82, 2.24) is 0 Å². The predicted molar refractivity (Wildman–Crippen MR) is 65.5 cm³/mol. The third-order valence-corrected chi connectivity index (χ3v) is 1.91. The lowest BCUT2D eigenvalue weighted by Crippen LogP contribution is -1.99. The lowest BCUT2D eigenvalue weighted by Gasteiger charge is -2.05. The molecule has 0 aromatic rings. The quantitative estimate of drug-likeness (QED) is 0.311. The molecule has 0 aromatic carbocycles. The Balaban J connectivity index is 2.79. The molecule has 0 radical (unpaired) electrons. The lowest BCUT2D eigenvalue weighted by molar-refractivity contribution is -0.133. The summed E-state index contributed by atoms with van der Waals surface area (Å²) < 4.78 is 5.04. The number of hydrogen-bond acceptors (Lipinski definition) is 2. The molecule has 16 heavy (non-hydrogen) atoms. The van der Waals surface area contributed by atoms with Crippen LogP contribution in [0.4, 0.5) is 0 Å². The van der Waals surface area contributed by atoms with E-state index < -0.39 is 5.97 Å². The Labute approximate surface area is 95.6 Å². The molecular weight excluding hydrogens is 200 g/mol. The van der Waals surface area contributed by atoms with Gasteiger partial charge in [-0.25, -0.2) is 4.79 Å². The van der Waals surface area contributed by atoms with Gasteiger partial charge < -0.3 is 4.74 Å². The number of rotatable bonds is 4. The average molecular weight is 214 g/mol. The van der Waals surface area contributed by atoms with Crippen LogP contribution in [-0.4, -0.2) is 5.97 Å². The van der Waals surface area contributed by atoms with Gasteiger partial charge >= 0.3 is 5.97 Å². The second-order valence-electron chi connectivity index (χ2n) is 3.14. The number of allylic oxidation sites excluding steroid dienone is 8. The summed E-state index contributed by atoms with van der Waals surface area (Å²) in [4.78, 5) is 11.1. The maximum absolute atomic E-state index is 11.1. The first-order valence-corrected chi connectivity index (χ1v) is 4.97. The van der Waals surface area contributed by atoms with Gasteiger partial charge in [0.25, 0.3) is 0 Å². The summed E-state index contributed by atoms with van der Waals surface area (Å²) in [6.07, 6.45) is 14.9. The largest absolute Gasteiger partial charge is 0.423 e. The van der Waals surface area contributed by atoms with Crippen molar-refractivity contribution in [3.63, 3.8) is 0 Å². The van der Waals surface area contributed by atoms with Crippen molar-refractivity contribution in [3.05, 3.63) is 73.1 Å². The van der Waals surface area contributed by atoms with Gasteiger partial charge in [0.05, 0.1) is 0 Å². The molecule has 82 valence electrons. The Kier molecular flexibility index (Phi) is 4.80. The molecular formula is C14H14O2. The molecule has 2 nitrogen and oxygen atoms in total. The van der Waals surface area contributed by atoms with E-state index in [1.165, 1.54) is 0 Å². The molecule has 1 aliphatic carbocycles. The van der Waals surface area contributed by atoms with Gasteiger partial charge in [-0.15, -0.1) is 0 Å². The van der Waals surface area contributed by atoms with E-state index in [0.29, 0.717) is 5.76 Å². The van der Waals surface area contributed by atoms with Crippen LogP contribution in [0.2, 0.25) is 0 Å². The Morgan fingerprint density at radius 3 is 2.75 bits per heavy atom. The molecule has 0 heterocycles. The Bertz CT molecular complexity index is 406. The van der Waals surface area contributed by atoms with E-state index in [9.17, 15) is 4.79 Å². The van der Waals surface area contributed by atoms with E-state index >= 15 is 0 Å². The van der Waals surface area contributed by atoms with Crippen LogP contribution in [0.25, 0.3) is 0 Å². The Hall–Kier alpha value is -2.09. The van der Waals surface area contributed by atoms with Gasteiger partial charge in [-0.1, -0.05) is 43.5 Å². The van der Waals surface area contributed by atoms with Crippen molar-refractivity contribution in [2.24, 2.45) is 0 Å². The topological polar surface area (TPSA) is 26.3 Å². The molecule has 0 bridgehead atoms. The van der Waals surface area contributed by atoms with E-state index in [-0.39, 0.29) is 0 Å². The summed E-state index contributed by atoms with van der Waals surface area (Å²) >= 11 is 0. The third-order valence-electron chi connectivity index (χ3n) is 1.91. The number of hydrogen-bond donors (Lipinski definition) is 0. The molecule has 0 saturated carbocycles.